The molecule has 1 amide bonds. The van der Waals surface area contributed by atoms with Crippen LogP contribution in [-0.2, 0) is 11.2 Å². The molecule has 3 nitrogen and oxygen atoms in total. The summed E-state index contributed by atoms with van der Waals surface area (Å²) in [5.41, 5.74) is 0.555. The number of hydrogen-bond acceptors (Lipinski definition) is 2. The van der Waals surface area contributed by atoms with Crippen LogP contribution >= 0.6 is 24.0 Å². The number of carbonyl (C=O) groups excluding carboxylic acids is 1. The van der Waals surface area contributed by atoms with E-state index in [-0.39, 0.29) is 30.2 Å². The van der Waals surface area contributed by atoms with E-state index in [1.165, 1.54) is 6.07 Å². The van der Waals surface area contributed by atoms with Crippen molar-refractivity contribution in [2.45, 2.75) is 19.3 Å². The number of likely N-dealkylation sites (tertiary alicyclic amines) is 1. The van der Waals surface area contributed by atoms with Gasteiger partial charge in [0.05, 0.1) is 6.42 Å². The molecule has 0 aliphatic carbocycles. The monoisotopic (exact) mass is 332 g/mol. The second-order valence-corrected chi connectivity index (χ2v) is 6.28. The molecule has 0 saturated carbocycles. The van der Waals surface area contributed by atoms with Crippen LogP contribution in [0.3, 0.4) is 0 Å². The zero-order valence-electron chi connectivity index (χ0n) is 11.7. The fourth-order valence-corrected chi connectivity index (χ4v) is 3.49. The molecule has 1 aromatic rings. The largest absolute Gasteiger partial charge is 0.342 e. The van der Waals surface area contributed by atoms with E-state index in [9.17, 15) is 9.18 Å². The Bertz CT molecular complexity index is 512. The minimum absolute atomic E-state index is 0. The predicted octanol–water partition coefficient (Wildman–Crippen LogP) is 2.66. The van der Waals surface area contributed by atoms with Crippen LogP contribution in [0.25, 0.3) is 0 Å². The summed E-state index contributed by atoms with van der Waals surface area (Å²) in [5.74, 6) is -0.428. The maximum absolute atomic E-state index is 13.7. The summed E-state index contributed by atoms with van der Waals surface area (Å²) in [5, 5.41) is 3.69. The van der Waals surface area contributed by atoms with Crippen LogP contribution in [0.15, 0.2) is 18.2 Å². The number of hydrogen-bond donors (Lipinski definition) is 1. The van der Waals surface area contributed by atoms with Crippen LogP contribution in [0.5, 0.6) is 0 Å². The van der Waals surface area contributed by atoms with Gasteiger partial charge in [0.1, 0.15) is 5.82 Å². The molecule has 1 N–H and O–H groups in total. The highest BCUT2D eigenvalue weighted by molar-refractivity contribution is 6.31. The minimum atomic E-state index is -0.401. The van der Waals surface area contributed by atoms with Gasteiger partial charge in [-0.15, -0.1) is 12.4 Å². The third kappa shape index (κ3) is 3.33. The molecule has 21 heavy (non-hydrogen) atoms. The highest BCUT2D eigenvalue weighted by Crippen LogP contribution is 2.36. The number of benzene rings is 1. The van der Waals surface area contributed by atoms with Crippen molar-refractivity contribution in [2.24, 2.45) is 5.41 Å². The molecule has 1 spiro atoms. The van der Waals surface area contributed by atoms with Gasteiger partial charge in [-0.05, 0) is 31.5 Å². The molecule has 0 bridgehead atoms. The Hall–Kier alpha value is -0.840. The van der Waals surface area contributed by atoms with Gasteiger partial charge < -0.3 is 10.2 Å². The van der Waals surface area contributed by atoms with Gasteiger partial charge in [0.2, 0.25) is 5.91 Å². The van der Waals surface area contributed by atoms with Gasteiger partial charge >= 0.3 is 0 Å². The summed E-state index contributed by atoms with van der Waals surface area (Å²) in [6.45, 7) is 3.57. The number of halogens is 3. The summed E-state index contributed by atoms with van der Waals surface area (Å²) in [4.78, 5) is 14.2. The van der Waals surface area contributed by atoms with Crippen molar-refractivity contribution in [1.82, 2.24) is 10.2 Å². The smallest absolute Gasteiger partial charge is 0.227 e. The number of nitrogens with one attached hydrogen (secondary N) is 1. The second kappa shape index (κ2) is 6.51. The van der Waals surface area contributed by atoms with Gasteiger partial charge in [0, 0.05) is 35.6 Å². The van der Waals surface area contributed by atoms with E-state index in [1.54, 1.807) is 12.1 Å². The van der Waals surface area contributed by atoms with Crippen LogP contribution in [0.1, 0.15) is 18.4 Å². The molecule has 2 aliphatic rings. The van der Waals surface area contributed by atoms with Crippen LogP contribution in [0.2, 0.25) is 5.02 Å². The molecule has 2 heterocycles. The Morgan fingerprint density at radius 2 is 2.24 bits per heavy atom. The highest BCUT2D eigenvalue weighted by atomic mass is 35.5. The SMILES string of the molecule is Cl.O=C(Cc1c(F)cccc1Cl)N1CCC2(CCNC2)C1. The third-order valence-electron chi connectivity index (χ3n) is 4.51. The molecule has 2 fully saturated rings. The van der Waals surface area contributed by atoms with Crippen LogP contribution in [0.4, 0.5) is 4.39 Å². The Morgan fingerprint density at radius 1 is 1.43 bits per heavy atom. The van der Waals surface area contributed by atoms with Gasteiger partial charge in [-0.25, -0.2) is 4.39 Å². The lowest BCUT2D eigenvalue weighted by Crippen LogP contribution is -2.34. The first-order valence-corrected chi connectivity index (χ1v) is 7.39. The van der Waals surface area contributed by atoms with Crippen LogP contribution in [-0.4, -0.2) is 37.0 Å². The van der Waals surface area contributed by atoms with Gasteiger partial charge in [0.25, 0.3) is 0 Å². The fourth-order valence-electron chi connectivity index (χ4n) is 3.26. The summed E-state index contributed by atoms with van der Waals surface area (Å²) in [6.07, 6.45) is 2.21. The van der Waals surface area contributed by atoms with Crippen molar-refractivity contribution in [2.75, 3.05) is 26.2 Å². The first kappa shape index (κ1) is 16.5. The van der Waals surface area contributed by atoms with E-state index >= 15 is 0 Å². The van der Waals surface area contributed by atoms with Gasteiger partial charge in [0.15, 0.2) is 0 Å². The predicted molar refractivity (Wildman–Crippen MR) is 83.5 cm³/mol. The third-order valence-corrected chi connectivity index (χ3v) is 4.87. The number of rotatable bonds is 2. The summed E-state index contributed by atoms with van der Waals surface area (Å²) in [7, 11) is 0. The van der Waals surface area contributed by atoms with Crippen LogP contribution in [0, 0.1) is 11.2 Å². The van der Waals surface area contributed by atoms with Crippen molar-refractivity contribution in [1.29, 1.82) is 0 Å². The van der Waals surface area contributed by atoms with Gasteiger partial charge in [-0.1, -0.05) is 17.7 Å². The Morgan fingerprint density at radius 3 is 2.90 bits per heavy atom. The molecule has 2 saturated heterocycles. The van der Waals surface area contributed by atoms with E-state index in [1.807, 2.05) is 4.90 Å². The fraction of sp³-hybridized carbons (Fsp3) is 0.533. The number of carbonyl (C=O) groups is 1. The molecule has 0 aromatic heterocycles. The van der Waals surface area contributed by atoms with Crippen molar-refractivity contribution >= 4 is 29.9 Å². The molecule has 0 radical (unpaired) electrons. The topological polar surface area (TPSA) is 32.3 Å². The first-order chi connectivity index (χ1) is 9.60. The normalized spacial score (nSPS) is 24.4. The average Bonchev–Trinajstić information content (AvgIpc) is 3.05. The first-order valence-electron chi connectivity index (χ1n) is 7.01. The maximum Gasteiger partial charge on any atom is 0.227 e. The number of amides is 1. The van der Waals surface area contributed by atoms with E-state index in [0.29, 0.717) is 10.6 Å². The summed E-state index contributed by atoms with van der Waals surface area (Å²) >= 11 is 5.98. The average molecular weight is 333 g/mol. The van der Waals surface area contributed by atoms with Crippen molar-refractivity contribution in [3.05, 3.63) is 34.6 Å². The van der Waals surface area contributed by atoms with E-state index in [2.05, 4.69) is 5.32 Å². The van der Waals surface area contributed by atoms with Gasteiger partial charge in [-0.2, -0.15) is 0 Å². The van der Waals surface area contributed by atoms with Crippen molar-refractivity contribution in [3.63, 3.8) is 0 Å². The van der Waals surface area contributed by atoms with E-state index in [0.717, 1.165) is 39.0 Å². The molecule has 3 rings (SSSR count). The lowest BCUT2D eigenvalue weighted by atomic mass is 9.86. The Labute approximate surface area is 135 Å². The summed E-state index contributed by atoms with van der Waals surface area (Å²) < 4.78 is 13.7. The molecule has 116 valence electrons. The lowest BCUT2D eigenvalue weighted by molar-refractivity contribution is -0.129. The molecule has 6 heteroatoms. The quantitative estimate of drug-likeness (QED) is 0.902. The Kier molecular flexibility index (Phi) is 5.12. The second-order valence-electron chi connectivity index (χ2n) is 5.87. The van der Waals surface area contributed by atoms with Crippen molar-refractivity contribution < 1.29 is 9.18 Å². The molecular formula is C15H19Cl2FN2O. The Balaban J connectivity index is 0.00000161. The zero-order chi connectivity index (χ0) is 14.2. The molecule has 1 atom stereocenters. The summed E-state index contributed by atoms with van der Waals surface area (Å²) in [6, 6.07) is 4.53. The zero-order valence-corrected chi connectivity index (χ0v) is 13.3. The molecule has 1 aromatic carbocycles. The minimum Gasteiger partial charge on any atom is -0.342 e. The van der Waals surface area contributed by atoms with Gasteiger partial charge in [-0.3, -0.25) is 4.79 Å². The van der Waals surface area contributed by atoms with E-state index < -0.39 is 5.82 Å². The number of nitrogens with zero attached hydrogens (tertiary/aromatic N) is 1. The molecular weight excluding hydrogens is 314 g/mol. The lowest BCUT2D eigenvalue weighted by Gasteiger charge is -2.23. The standard InChI is InChI=1S/C15H18ClFN2O.ClH/c16-12-2-1-3-13(17)11(12)8-14(20)19-7-5-15(10-19)4-6-18-9-15;/h1-3,18H,4-10H2;1H. The maximum atomic E-state index is 13.7. The molecule has 2 aliphatic heterocycles. The highest BCUT2D eigenvalue weighted by Gasteiger charge is 2.41. The van der Waals surface area contributed by atoms with E-state index in [4.69, 9.17) is 11.6 Å². The molecule has 1 unspecified atom stereocenters. The van der Waals surface area contributed by atoms with Crippen LogP contribution < -0.4 is 5.32 Å². The van der Waals surface area contributed by atoms with Crippen molar-refractivity contribution in [3.8, 4) is 0 Å².